The summed E-state index contributed by atoms with van der Waals surface area (Å²) in [5.74, 6) is 0.789. The lowest BCUT2D eigenvalue weighted by atomic mass is 9.72. The van der Waals surface area contributed by atoms with E-state index in [0.29, 0.717) is 37.4 Å². The number of hydrogen-bond donors (Lipinski definition) is 1. The van der Waals surface area contributed by atoms with Gasteiger partial charge in [0.2, 0.25) is 0 Å². The highest BCUT2D eigenvalue weighted by Crippen LogP contribution is 2.41. The molecule has 0 aromatic heterocycles. The molecule has 1 aromatic rings. The van der Waals surface area contributed by atoms with Crippen molar-refractivity contribution < 1.29 is 9.90 Å². The standard InChI is InChI=1S/C17H22O2/c18-15-8-10-17(19,11-9-15)12-14-6-3-5-13-4-1-2-7-16(13)14/h1-2,4,7,14,19H,3,5-6,8-12H2. The molecule has 0 aliphatic heterocycles. The molecule has 1 fully saturated rings. The maximum Gasteiger partial charge on any atom is 0.133 e. The topological polar surface area (TPSA) is 37.3 Å². The van der Waals surface area contributed by atoms with Gasteiger partial charge in [-0.3, -0.25) is 4.79 Å². The summed E-state index contributed by atoms with van der Waals surface area (Å²) in [6.07, 6.45) is 6.83. The van der Waals surface area contributed by atoms with Crippen molar-refractivity contribution in [1.29, 1.82) is 0 Å². The monoisotopic (exact) mass is 258 g/mol. The van der Waals surface area contributed by atoms with E-state index >= 15 is 0 Å². The molecule has 0 radical (unpaired) electrons. The third kappa shape index (κ3) is 2.74. The van der Waals surface area contributed by atoms with Gasteiger partial charge >= 0.3 is 0 Å². The first-order valence-corrected chi connectivity index (χ1v) is 7.48. The molecule has 0 saturated heterocycles. The molecule has 0 heterocycles. The van der Waals surface area contributed by atoms with Crippen LogP contribution in [0.2, 0.25) is 0 Å². The minimum absolute atomic E-state index is 0.314. The largest absolute Gasteiger partial charge is 0.390 e. The molecule has 0 amide bonds. The van der Waals surface area contributed by atoms with E-state index in [2.05, 4.69) is 24.3 Å². The van der Waals surface area contributed by atoms with Crippen LogP contribution in [0, 0.1) is 0 Å². The minimum atomic E-state index is -0.608. The summed E-state index contributed by atoms with van der Waals surface area (Å²) in [6, 6.07) is 8.65. The van der Waals surface area contributed by atoms with Crippen LogP contribution in [0.5, 0.6) is 0 Å². The second kappa shape index (κ2) is 5.09. The van der Waals surface area contributed by atoms with Gasteiger partial charge < -0.3 is 5.11 Å². The molecular formula is C17H22O2. The number of aliphatic hydroxyl groups is 1. The zero-order valence-electron chi connectivity index (χ0n) is 11.4. The van der Waals surface area contributed by atoms with E-state index < -0.39 is 5.60 Å². The number of hydrogen-bond acceptors (Lipinski definition) is 2. The predicted molar refractivity (Wildman–Crippen MR) is 75.2 cm³/mol. The molecule has 1 N–H and O–H groups in total. The Kier molecular flexibility index (Phi) is 3.44. The molecular weight excluding hydrogens is 236 g/mol. The summed E-state index contributed by atoms with van der Waals surface area (Å²) < 4.78 is 0. The van der Waals surface area contributed by atoms with Gasteiger partial charge in [-0.2, -0.15) is 0 Å². The smallest absolute Gasteiger partial charge is 0.133 e. The fourth-order valence-electron chi connectivity index (χ4n) is 3.72. The molecule has 2 heteroatoms. The van der Waals surface area contributed by atoms with Crippen molar-refractivity contribution in [1.82, 2.24) is 0 Å². The lowest BCUT2D eigenvalue weighted by Gasteiger charge is -2.36. The van der Waals surface area contributed by atoms with Gasteiger partial charge in [0.1, 0.15) is 5.78 Å². The number of carbonyl (C=O) groups excluding carboxylic acids is 1. The van der Waals surface area contributed by atoms with Gasteiger partial charge in [0.25, 0.3) is 0 Å². The van der Waals surface area contributed by atoms with E-state index in [0.717, 1.165) is 6.42 Å². The molecule has 2 aliphatic carbocycles. The Morgan fingerprint density at radius 1 is 1.16 bits per heavy atom. The Balaban J connectivity index is 1.76. The van der Waals surface area contributed by atoms with Crippen LogP contribution in [0.25, 0.3) is 0 Å². The normalized spacial score (nSPS) is 25.9. The number of carbonyl (C=O) groups is 1. The zero-order chi connectivity index (χ0) is 13.3. The Bertz CT molecular complexity index is 468. The van der Waals surface area contributed by atoms with Crippen molar-refractivity contribution in [3.63, 3.8) is 0 Å². The Labute approximate surface area is 114 Å². The van der Waals surface area contributed by atoms with Crippen molar-refractivity contribution in [2.24, 2.45) is 0 Å². The van der Waals surface area contributed by atoms with E-state index in [1.165, 1.54) is 30.4 Å². The van der Waals surface area contributed by atoms with E-state index in [1.807, 2.05) is 0 Å². The number of aryl methyl sites for hydroxylation is 1. The summed E-state index contributed by atoms with van der Waals surface area (Å²) in [5, 5.41) is 10.7. The first-order chi connectivity index (χ1) is 9.16. The molecule has 1 unspecified atom stereocenters. The van der Waals surface area contributed by atoms with Gasteiger partial charge in [-0.1, -0.05) is 24.3 Å². The van der Waals surface area contributed by atoms with Crippen molar-refractivity contribution in [3.8, 4) is 0 Å². The molecule has 1 saturated carbocycles. The van der Waals surface area contributed by atoms with Gasteiger partial charge in [-0.25, -0.2) is 0 Å². The van der Waals surface area contributed by atoms with Crippen LogP contribution in [-0.2, 0) is 11.2 Å². The number of Topliss-reactive ketones (excluding diaryl/α,β-unsaturated/α-hetero) is 1. The van der Waals surface area contributed by atoms with Crippen molar-refractivity contribution >= 4 is 5.78 Å². The highest BCUT2D eigenvalue weighted by atomic mass is 16.3. The molecule has 102 valence electrons. The average Bonchev–Trinajstić information content (AvgIpc) is 2.43. The summed E-state index contributed by atoms with van der Waals surface area (Å²) in [6.45, 7) is 0. The summed E-state index contributed by atoms with van der Waals surface area (Å²) in [7, 11) is 0. The van der Waals surface area contributed by atoms with Gasteiger partial charge in [0.05, 0.1) is 5.60 Å². The van der Waals surface area contributed by atoms with Gasteiger partial charge in [-0.05, 0) is 55.6 Å². The maximum absolute atomic E-state index is 11.3. The van der Waals surface area contributed by atoms with Gasteiger partial charge in [0, 0.05) is 12.8 Å². The second-order valence-electron chi connectivity index (χ2n) is 6.26. The molecule has 2 aliphatic rings. The second-order valence-corrected chi connectivity index (χ2v) is 6.26. The van der Waals surface area contributed by atoms with Crippen molar-refractivity contribution in [3.05, 3.63) is 35.4 Å². The fourth-order valence-corrected chi connectivity index (χ4v) is 3.72. The molecule has 0 bridgehead atoms. The molecule has 1 atom stereocenters. The highest BCUT2D eigenvalue weighted by Gasteiger charge is 2.36. The number of fused-ring (bicyclic) bond motifs is 1. The van der Waals surface area contributed by atoms with Gasteiger partial charge in [-0.15, -0.1) is 0 Å². The lowest BCUT2D eigenvalue weighted by Crippen LogP contribution is -2.36. The first kappa shape index (κ1) is 12.9. The average molecular weight is 258 g/mol. The van der Waals surface area contributed by atoms with Crippen molar-refractivity contribution in [2.75, 3.05) is 0 Å². The quantitative estimate of drug-likeness (QED) is 0.883. The molecule has 1 aromatic carbocycles. The lowest BCUT2D eigenvalue weighted by molar-refractivity contribution is -0.125. The summed E-state index contributed by atoms with van der Waals surface area (Å²) >= 11 is 0. The van der Waals surface area contributed by atoms with E-state index in [1.54, 1.807) is 0 Å². The third-order valence-corrected chi connectivity index (χ3v) is 4.86. The van der Waals surface area contributed by atoms with E-state index in [9.17, 15) is 9.90 Å². The van der Waals surface area contributed by atoms with Crippen LogP contribution in [-0.4, -0.2) is 16.5 Å². The molecule has 2 nitrogen and oxygen atoms in total. The number of rotatable bonds is 2. The maximum atomic E-state index is 11.3. The Morgan fingerprint density at radius 3 is 2.68 bits per heavy atom. The Morgan fingerprint density at radius 2 is 1.89 bits per heavy atom. The van der Waals surface area contributed by atoms with Crippen LogP contribution in [0.15, 0.2) is 24.3 Å². The fraction of sp³-hybridized carbons (Fsp3) is 0.588. The third-order valence-electron chi connectivity index (χ3n) is 4.86. The molecule has 3 rings (SSSR count). The van der Waals surface area contributed by atoms with Crippen LogP contribution in [0.1, 0.15) is 62.0 Å². The predicted octanol–water partition coefficient (Wildman–Crippen LogP) is 3.37. The zero-order valence-corrected chi connectivity index (χ0v) is 11.4. The first-order valence-electron chi connectivity index (χ1n) is 7.48. The van der Waals surface area contributed by atoms with Gasteiger partial charge in [0.15, 0.2) is 0 Å². The minimum Gasteiger partial charge on any atom is -0.390 e. The van der Waals surface area contributed by atoms with Crippen LogP contribution in [0.3, 0.4) is 0 Å². The highest BCUT2D eigenvalue weighted by molar-refractivity contribution is 5.79. The Hall–Kier alpha value is -1.15. The van der Waals surface area contributed by atoms with Crippen LogP contribution < -0.4 is 0 Å². The molecule has 0 spiro atoms. The molecule has 19 heavy (non-hydrogen) atoms. The SMILES string of the molecule is O=C1CCC(O)(CC2CCCc3ccccc32)CC1. The van der Waals surface area contributed by atoms with E-state index in [-0.39, 0.29) is 0 Å². The summed E-state index contributed by atoms with van der Waals surface area (Å²) in [4.78, 5) is 11.3. The van der Waals surface area contributed by atoms with Crippen LogP contribution >= 0.6 is 0 Å². The van der Waals surface area contributed by atoms with Crippen LogP contribution in [0.4, 0.5) is 0 Å². The number of benzene rings is 1. The summed E-state index contributed by atoms with van der Waals surface area (Å²) in [5.41, 5.74) is 2.27. The number of ketones is 1. The van der Waals surface area contributed by atoms with Crippen molar-refractivity contribution in [2.45, 2.75) is 62.9 Å². The van der Waals surface area contributed by atoms with E-state index in [4.69, 9.17) is 0 Å².